The smallest absolute Gasteiger partial charge is 0.293 e. The van der Waals surface area contributed by atoms with Crippen LogP contribution in [-0.2, 0) is 40.3 Å². The topological polar surface area (TPSA) is 150 Å². The molecule has 2 unspecified atom stereocenters. The Kier molecular flexibility index (Phi) is 10.4. The van der Waals surface area contributed by atoms with E-state index in [1.165, 1.54) is 37.1 Å². The van der Waals surface area contributed by atoms with Gasteiger partial charge in [-0.05, 0) is 69.7 Å². The van der Waals surface area contributed by atoms with E-state index in [9.17, 15) is 44.3 Å². The Morgan fingerprint density at radius 2 is 1.80 bits per heavy atom. The van der Waals surface area contributed by atoms with Crippen LogP contribution in [-0.4, -0.2) is 67.8 Å². The van der Waals surface area contributed by atoms with E-state index in [0.717, 1.165) is 31.7 Å². The van der Waals surface area contributed by atoms with Gasteiger partial charge in [-0.25, -0.2) is 48.8 Å². The maximum atomic E-state index is 15.4. The number of pyridine rings is 1. The van der Waals surface area contributed by atoms with Crippen LogP contribution in [0.5, 0.6) is 0 Å². The third-order valence-electron chi connectivity index (χ3n) is 10.2. The number of halogens is 9. The molecule has 0 bridgehead atoms. The number of rotatable bonds is 13. The number of anilines is 1. The summed E-state index contributed by atoms with van der Waals surface area (Å²) >= 11 is 6.63. The number of benzene rings is 2. The van der Waals surface area contributed by atoms with Crippen molar-refractivity contribution in [1.29, 1.82) is 0 Å². The highest BCUT2D eigenvalue weighted by Crippen LogP contribution is 2.68. The van der Waals surface area contributed by atoms with Crippen molar-refractivity contribution >= 4 is 64.0 Å². The molecule has 2 aromatic carbocycles. The molecule has 2 aliphatic rings. The molecule has 13 nitrogen and oxygen atoms in total. The van der Waals surface area contributed by atoms with Crippen LogP contribution in [0.2, 0.25) is 5.02 Å². The van der Waals surface area contributed by atoms with Crippen LogP contribution in [0.1, 0.15) is 53.1 Å². The summed E-state index contributed by atoms with van der Waals surface area (Å²) in [5.41, 5.74) is -3.88. The number of carbonyl (C=O) groups excluding carboxylic acids is 1. The molecule has 8 rings (SSSR count). The molecular formula is C36H29ClF8N9O4PS. The number of sulfonamides is 1. The predicted octanol–water partition coefficient (Wildman–Crippen LogP) is 6.76. The van der Waals surface area contributed by atoms with Gasteiger partial charge < -0.3 is 5.32 Å². The zero-order valence-corrected chi connectivity index (χ0v) is 33.4. The summed E-state index contributed by atoms with van der Waals surface area (Å²) in [6, 6.07) is 5.91. The summed E-state index contributed by atoms with van der Waals surface area (Å²) in [4.78, 5) is 37.4. The molecule has 2 aliphatic carbocycles. The Balaban J connectivity index is 1.35. The zero-order chi connectivity index (χ0) is 43.2. The van der Waals surface area contributed by atoms with Crippen molar-refractivity contribution in [2.45, 2.75) is 56.7 Å². The minimum atomic E-state index is -4.09. The van der Waals surface area contributed by atoms with Gasteiger partial charge in [0.25, 0.3) is 24.3 Å². The van der Waals surface area contributed by atoms with Crippen molar-refractivity contribution in [3.05, 3.63) is 104 Å². The van der Waals surface area contributed by atoms with Gasteiger partial charge in [-0.3, -0.25) is 23.5 Å². The van der Waals surface area contributed by atoms with Crippen LogP contribution in [0.15, 0.2) is 53.5 Å². The SMILES string of the molecule is CPN(c1nn(CC(F)F)c2c(-n3c(C(Cc4cc(F)cc(F)c4)NC(=O)Cn4nc(C(F)F)c5c4C(F)(F)[C@@H]4C[C@H]54)nc4ncccc4c3=O)ccc(Cl)c12)S(C)(=O)=O. The van der Waals surface area contributed by atoms with E-state index < -0.39 is 115 Å². The first-order valence-corrected chi connectivity index (χ1v) is 21.5. The first kappa shape index (κ1) is 41.5. The molecular weight excluding hydrogens is 873 g/mol. The molecule has 4 atom stereocenters. The average Bonchev–Trinajstić information content (AvgIpc) is 3.67. The van der Waals surface area contributed by atoms with Crippen LogP contribution in [0, 0.1) is 17.6 Å². The number of alkyl halides is 6. The number of hydrogen-bond acceptors (Lipinski definition) is 8. The summed E-state index contributed by atoms with van der Waals surface area (Å²) in [5, 5.41) is 9.94. The molecule has 1 fully saturated rings. The highest BCUT2D eigenvalue weighted by Gasteiger charge is 2.67. The summed E-state index contributed by atoms with van der Waals surface area (Å²) < 4.78 is 145. The second-order valence-corrected chi connectivity index (χ2v) is 17.7. The molecule has 4 aromatic heterocycles. The lowest BCUT2D eigenvalue weighted by atomic mass is 10.0. The van der Waals surface area contributed by atoms with E-state index in [0.29, 0.717) is 10.7 Å². The third-order valence-corrected chi connectivity index (χ3v) is 13.5. The zero-order valence-electron chi connectivity index (χ0n) is 30.9. The molecule has 0 aliphatic heterocycles. The Labute approximate surface area is 340 Å². The number of nitrogens with zero attached hydrogens (tertiary/aromatic N) is 8. The fourth-order valence-corrected chi connectivity index (χ4v) is 10.3. The number of carbonyl (C=O) groups is 1. The van der Waals surface area contributed by atoms with Gasteiger partial charge in [0.2, 0.25) is 15.9 Å². The lowest BCUT2D eigenvalue weighted by molar-refractivity contribution is -0.123. The van der Waals surface area contributed by atoms with Crippen LogP contribution < -0.4 is 15.0 Å². The van der Waals surface area contributed by atoms with E-state index in [4.69, 9.17) is 11.6 Å². The Morgan fingerprint density at radius 1 is 1.08 bits per heavy atom. The van der Waals surface area contributed by atoms with E-state index in [1.54, 1.807) is 0 Å². The van der Waals surface area contributed by atoms with Crippen LogP contribution in [0.3, 0.4) is 0 Å². The average molecular weight is 902 g/mol. The molecule has 6 aromatic rings. The second-order valence-electron chi connectivity index (χ2n) is 14.2. The standard InChI is InChI=1S/C36H29ClF8N9O4PS/c1-59-54(60(2,57)58)34-27-21(37)5-6-23(29(27)51(50-34)13-24(40)41)53-33(48-32-18(35(53)56)4-3-7-46-32)22(10-15-8-16(38)11-17(39)9-15)47-25(55)14-52-30-26(28(49-52)31(42)43)19-12-20(19)36(30,44)45/h3-9,11,19-20,22,24,31,59H,10,12-14H2,1-2H3,(H,47,55)/t19-,20+,22?/m0/s1. The van der Waals surface area contributed by atoms with E-state index >= 15 is 8.78 Å². The fraction of sp³-hybridized carbons (Fsp3) is 0.333. The van der Waals surface area contributed by atoms with Crippen LogP contribution >= 0.6 is 20.3 Å². The van der Waals surface area contributed by atoms with Crippen LogP contribution in [0.4, 0.5) is 40.9 Å². The first-order valence-electron chi connectivity index (χ1n) is 17.8. The molecule has 316 valence electrons. The monoisotopic (exact) mass is 901 g/mol. The largest absolute Gasteiger partial charge is 0.344 e. The van der Waals surface area contributed by atoms with Gasteiger partial charge in [0.15, 0.2) is 11.5 Å². The Bertz CT molecular complexity index is 2890. The predicted molar refractivity (Wildman–Crippen MR) is 204 cm³/mol. The van der Waals surface area contributed by atoms with E-state index in [1.807, 2.05) is 0 Å². The van der Waals surface area contributed by atoms with Crippen molar-refractivity contribution < 1.29 is 48.3 Å². The number of hydrogen-bond donors (Lipinski definition) is 1. The molecule has 0 radical (unpaired) electrons. The van der Waals surface area contributed by atoms with Gasteiger partial charge in [0.05, 0.1) is 39.3 Å². The van der Waals surface area contributed by atoms with Gasteiger partial charge in [0, 0.05) is 30.2 Å². The van der Waals surface area contributed by atoms with Crippen LogP contribution in [0.25, 0.3) is 27.6 Å². The lowest BCUT2D eigenvalue weighted by Crippen LogP contribution is -2.38. The van der Waals surface area contributed by atoms with Crippen molar-refractivity contribution in [3.63, 3.8) is 0 Å². The lowest BCUT2D eigenvalue weighted by Gasteiger charge is -2.24. The first-order chi connectivity index (χ1) is 28.3. The number of nitrogens with one attached hydrogen (secondary N) is 1. The number of aromatic nitrogens is 7. The molecule has 4 heterocycles. The van der Waals surface area contributed by atoms with Gasteiger partial charge in [0.1, 0.15) is 41.9 Å². The van der Waals surface area contributed by atoms with Gasteiger partial charge in [-0.1, -0.05) is 11.6 Å². The molecule has 1 amide bonds. The minimum Gasteiger partial charge on any atom is -0.344 e. The molecule has 60 heavy (non-hydrogen) atoms. The number of amides is 1. The van der Waals surface area contributed by atoms with Crippen molar-refractivity contribution in [2.24, 2.45) is 5.92 Å². The fourth-order valence-electron chi connectivity index (χ4n) is 7.89. The van der Waals surface area contributed by atoms with Crippen molar-refractivity contribution in [1.82, 2.24) is 39.4 Å². The highest BCUT2D eigenvalue weighted by atomic mass is 35.5. The quantitative estimate of drug-likeness (QED) is 0.0988. The minimum absolute atomic E-state index is 0.0378. The maximum Gasteiger partial charge on any atom is 0.293 e. The van der Waals surface area contributed by atoms with Crippen molar-refractivity contribution in [2.75, 3.05) is 17.0 Å². The summed E-state index contributed by atoms with van der Waals surface area (Å²) in [6.07, 6.45) is -4.79. The third kappa shape index (κ3) is 7.14. The normalized spacial score (nSPS) is 17.6. The van der Waals surface area contributed by atoms with Gasteiger partial charge in [-0.2, -0.15) is 19.0 Å². The highest BCUT2D eigenvalue weighted by molar-refractivity contribution is 7.97. The van der Waals surface area contributed by atoms with Gasteiger partial charge >= 0.3 is 0 Å². The molecule has 0 spiro atoms. The van der Waals surface area contributed by atoms with E-state index in [-0.39, 0.29) is 56.0 Å². The molecule has 0 saturated heterocycles. The molecule has 1 saturated carbocycles. The number of fused-ring (bicyclic) bond motifs is 5. The molecule has 1 N–H and O–H groups in total. The maximum absolute atomic E-state index is 15.4. The second kappa shape index (κ2) is 15.1. The summed E-state index contributed by atoms with van der Waals surface area (Å²) in [6.45, 7) is -0.703. The Hall–Kier alpha value is -5.21. The molecule has 24 heteroatoms. The Morgan fingerprint density at radius 3 is 2.45 bits per heavy atom. The van der Waals surface area contributed by atoms with Gasteiger partial charge in [-0.15, -0.1) is 0 Å². The van der Waals surface area contributed by atoms with E-state index in [2.05, 4.69) is 25.5 Å². The van der Waals surface area contributed by atoms with Crippen molar-refractivity contribution in [3.8, 4) is 5.69 Å². The summed E-state index contributed by atoms with van der Waals surface area (Å²) in [5.74, 6) is -9.71. The summed E-state index contributed by atoms with van der Waals surface area (Å²) in [7, 11) is -4.61.